The van der Waals surface area contributed by atoms with Crippen LogP contribution in [0.25, 0.3) is 0 Å². The number of benzene rings is 1. The molecule has 126 valence electrons. The molecule has 0 radical (unpaired) electrons. The Morgan fingerprint density at radius 1 is 1.26 bits per heavy atom. The van der Waals surface area contributed by atoms with Gasteiger partial charge < -0.3 is 14.8 Å². The second-order valence-corrected chi connectivity index (χ2v) is 5.65. The summed E-state index contributed by atoms with van der Waals surface area (Å²) < 4.78 is 10.7. The standard InChI is InChI=1S/C15H19BrN2O5/c1-3-10(2)17-15(21)18-13(19)8-23-14(20)9-22-12-6-4-5-11(16)7-12/h4-7,10H,3,8-9H2,1-2H3,(H2,17,18,19,21)/t10-/m0/s1. The molecule has 1 aromatic rings. The number of esters is 1. The molecular formula is C15H19BrN2O5. The van der Waals surface area contributed by atoms with Crippen LogP contribution in [0.4, 0.5) is 4.79 Å². The molecule has 1 atom stereocenters. The molecule has 0 heterocycles. The van der Waals surface area contributed by atoms with Gasteiger partial charge in [0.2, 0.25) is 0 Å². The largest absolute Gasteiger partial charge is 0.482 e. The van der Waals surface area contributed by atoms with E-state index in [4.69, 9.17) is 9.47 Å². The van der Waals surface area contributed by atoms with Gasteiger partial charge in [-0.1, -0.05) is 28.9 Å². The van der Waals surface area contributed by atoms with Crippen LogP contribution in [0.2, 0.25) is 0 Å². The highest BCUT2D eigenvalue weighted by Gasteiger charge is 2.12. The van der Waals surface area contributed by atoms with Gasteiger partial charge in [0.25, 0.3) is 5.91 Å². The van der Waals surface area contributed by atoms with Crippen molar-refractivity contribution in [1.82, 2.24) is 10.6 Å². The van der Waals surface area contributed by atoms with Gasteiger partial charge in [-0.25, -0.2) is 9.59 Å². The predicted molar refractivity (Wildman–Crippen MR) is 87.0 cm³/mol. The fourth-order valence-corrected chi connectivity index (χ4v) is 1.79. The Morgan fingerprint density at radius 2 is 2.00 bits per heavy atom. The third-order valence-electron chi connectivity index (χ3n) is 2.76. The minimum absolute atomic E-state index is 0.0519. The number of hydrogen-bond acceptors (Lipinski definition) is 5. The molecule has 7 nitrogen and oxygen atoms in total. The second-order valence-electron chi connectivity index (χ2n) is 4.74. The van der Waals surface area contributed by atoms with Crippen LogP contribution in [0.3, 0.4) is 0 Å². The molecule has 1 rings (SSSR count). The maximum atomic E-state index is 11.5. The van der Waals surface area contributed by atoms with Gasteiger partial charge in [-0.05, 0) is 31.5 Å². The summed E-state index contributed by atoms with van der Waals surface area (Å²) in [5, 5.41) is 4.63. The summed E-state index contributed by atoms with van der Waals surface area (Å²) in [6.07, 6.45) is 0.740. The van der Waals surface area contributed by atoms with Crippen LogP contribution in [-0.4, -0.2) is 37.2 Å². The van der Waals surface area contributed by atoms with E-state index in [-0.39, 0.29) is 12.6 Å². The van der Waals surface area contributed by atoms with Crippen molar-refractivity contribution in [1.29, 1.82) is 0 Å². The van der Waals surface area contributed by atoms with Gasteiger partial charge in [0, 0.05) is 10.5 Å². The lowest BCUT2D eigenvalue weighted by Crippen LogP contribution is -2.44. The first-order chi connectivity index (χ1) is 10.9. The Hall–Kier alpha value is -2.09. The number of amides is 3. The first kappa shape index (κ1) is 19.0. The summed E-state index contributed by atoms with van der Waals surface area (Å²) in [6, 6.07) is 6.28. The first-order valence-corrected chi connectivity index (χ1v) is 7.84. The van der Waals surface area contributed by atoms with Crippen LogP contribution in [0, 0.1) is 0 Å². The van der Waals surface area contributed by atoms with Crippen molar-refractivity contribution >= 4 is 33.8 Å². The number of hydrogen-bond donors (Lipinski definition) is 2. The highest BCUT2D eigenvalue weighted by Crippen LogP contribution is 2.17. The Balaban J connectivity index is 2.25. The van der Waals surface area contributed by atoms with Crippen molar-refractivity contribution in [2.24, 2.45) is 0 Å². The number of ether oxygens (including phenoxy) is 2. The molecular weight excluding hydrogens is 368 g/mol. The average Bonchev–Trinajstić information content (AvgIpc) is 2.50. The van der Waals surface area contributed by atoms with E-state index in [0.29, 0.717) is 5.75 Å². The van der Waals surface area contributed by atoms with Gasteiger partial charge >= 0.3 is 12.0 Å². The van der Waals surface area contributed by atoms with Crippen molar-refractivity contribution in [3.8, 4) is 5.75 Å². The Labute approximate surface area is 142 Å². The zero-order chi connectivity index (χ0) is 17.2. The topological polar surface area (TPSA) is 93.7 Å². The lowest BCUT2D eigenvalue weighted by atomic mass is 10.3. The van der Waals surface area contributed by atoms with Gasteiger partial charge in [0.05, 0.1) is 0 Å². The summed E-state index contributed by atoms with van der Waals surface area (Å²) in [5.41, 5.74) is 0. The highest BCUT2D eigenvalue weighted by molar-refractivity contribution is 9.10. The number of carbonyl (C=O) groups excluding carboxylic acids is 3. The zero-order valence-electron chi connectivity index (χ0n) is 12.9. The summed E-state index contributed by atoms with van der Waals surface area (Å²) in [6.45, 7) is 2.83. The summed E-state index contributed by atoms with van der Waals surface area (Å²) >= 11 is 3.28. The van der Waals surface area contributed by atoms with E-state index in [0.717, 1.165) is 10.9 Å². The quantitative estimate of drug-likeness (QED) is 0.698. The van der Waals surface area contributed by atoms with Gasteiger partial charge in [-0.15, -0.1) is 0 Å². The van der Waals surface area contributed by atoms with E-state index in [1.54, 1.807) is 18.2 Å². The second kappa shape index (κ2) is 9.83. The van der Waals surface area contributed by atoms with Crippen LogP contribution in [0.1, 0.15) is 20.3 Å². The average molecular weight is 387 g/mol. The number of nitrogens with one attached hydrogen (secondary N) is 2. The molecule has 1 aromatic carbocycles. The highest BCUT2D eigenvalue weighted by atomic mass is 79.9. The maximum Gasteiger partial charge on any atom is 0.344 e. The van der Waals surface area contributed by atoms with Crippen molar-refractivity contribution in [2.45, 2.75) is 26.3 Å². The summed E-state index contributed by atoms with van der Waals surface area (Å²) in [4.78, 5) is 34.3. The van der Waals surface area contributed by atoms with Crippen LogP contribution >= 0.6 is 15.9 Å². The molecule has 0 bridgehead atoms. The molecule has 2 N–H and O–H groups in total. The van der Waals surface area contributed by atoms with Crippen molar-refractivity contribution in [3.05, 3.63) is 28.7 Å². The molecule has 0 saturated heterocycles. The normalized spacial score (nSPS) is 11.3. The number of rotatable bonds is 7. The molecule has 3 amide bonds. The van der Waals surface area contributed by atoms with Crippen molar-refractivity contribution in [2.75, 3.05) is 13.2 Å². The number of halogens is 1. The monoisotopic (exact) mass is 386 g/mol. The minimum atomic E-state index is -0.707. The van der Waals surface area contributed by atoms with Crippen LogP contribution in [0.5, 0.6) is 5.75 Å². The molecule has 0 aliphatic heterocycles. The van der Waals surface area contributed by atoms with E-state index in [2.05, 4.69) is 26.6 Å². The fourth-order valence-electron chi connectivity index (χ4n) is 1.41. The number of urea groups is 1. The Morgan fingerprint density at radius 3 is 2.65 bits per heavy atom. The van der Waals surface area contributed by atoms with Crippen molar-refractivity contribution in [3.63, 3.8) is 0 Å². The molecule has 0 aliphatic carbocycles. The van der Waals surface area contributed by atoms with E-state index < -0.39 is 24.5 Å². The lowest BCUT2D eigenvalue weighted by molar-refractivity contribution is -0.150. The predicted octanol–water partition coefficient (Wildman–Crippen LogP) is 2.00. The molecule has 0 unspecified atom stereocenters. The molecule has 0 saturated carbocycles. The minimum Gasteiger partial charge on any atom is -0.482 e. The van der Waals surface area contributed by atoms with E-state index in [1.807, 2.05) is 19.9 Å². The van der Waals surface area contributed by atoms with Crippen LogP contribution in [0.15, 0.2) is 28.7 Å². The molecule has 0 fully saturated rings. The summed E-state index contributed by atoms with van der Waals surface area (Å²) in [5.74, 6) is -0.919. The summed E-state index contributed by atoms with van der Waals surface area (Å²) in [7, 11) is 0. The molecule has 0 aliphatic rings. The van der Waals surface area contributed by atoms with Gasteiger partial charge in [-0.3, -0.25) is 10.1 Å². The number of carbonyl (C=O) groups is 3. The van der Waals surface area contributed by atoms with E-state index in [1.165, 1.54) is 0 Å². The molecule has 8 heteroatoms. The van der Waals surface area contributed by atoms with Crippen LogP contribution in [-0.2, 0) is 14.3 Å². The third-order valence-corrected chi connectivity index (χ3v) is 3.25. The molecule has 23 heavy (non-hydrogen) atoms. The lowest BCUT2D eigenvalue weighted by Gasteiger charge is -2.12. The van der Waals surface area contributed by atoms with E-state index >= 15 is 0 Å². The molecule has 0 spiro atoms. The first-order valence-electron chi connectivity index (χ1n) is 7.05. The number of imide groups is 1. The van der Waals surface area contributed by atoms with Crippen molar-refractivity contribution < 1.29 is 23.9 Å². The Kier molecular flexibility index (Phi) is 8.10. The van der Waals surface area contributed by atoms with Crippen LogP contribution < -0.4 is 15.4 Å². The smallest absolute Gasteiger partial charge is 0.344 e. The maximum absolute atomic E-state index is 11.5. The van der Waals surface area contributed by atoms with Gasteiger partial charge in [0.15, 0.2) is 13.2 Å². The van der Waals surface area contributed by atoms with Gasteiger partial charge in [0.1, 0.15) is 5.75 Å². The van der Waals surface area contributed by atoms with E-state index in [9.17, 15) is 14.4 Å². The Bertz CT molecular complexity index is 565. The molecule has 0 aromatic heterocycles. The third kappa shape index (κ3) is 8.20. The van der Waals surface area contributed by atoms with Gasteiger partial charge in [-0.2, -0.15) is 0 Å². The zero-order valence-corrected chi connectivity index (χ0v) is 14.5. The fraction of sp³-hybridized carbons (Fsp3) is 0.400. The SMILES string of the molecule is CC[C@H](C)NC(=O)NC(=O)COC(=O)COc1cccc(Br)c1.